The molecule has 0 atom stereocenters. The molecule has 4 nitrogen and oxygen atoms in total. The van der Waals surface area contributed by atoms with Crippen molar-refractivity contribution in [3.8, 4) is 0 Å². The summed E-state index contributed by atoms with van der Waals surface area (Å²) in [7, 11) is 3.85. The minimum Gasteiger partial charge on any atom is -0.480 e. The minimum atomic E-state index is -0.859. The third-order valence-electron chi connectivity index (χ3n) is 1.83. The van der Waals surface area contributed by atoms with E-state index in [9.17, 15) is 9.18 Å². The van der Waals surface area contributed by atoms with E-state index in [0.717, 1.165) is 6.54 Å². The first-order valence-corrected chi connectivity index (χ1v) is 4.71. The summed E-state index contributed by atoms with van der Waals surface area (Å²) in [5, 5.41) is 8.60. The summed E-state index contributed by atoms with van der Waals surface area (Å²) in [4.78, 5) is 14.2. The maximum Gasteiger partial charge on any atom is 0.317 e. The summed E-state index contributed by atoms with van der Waals surface area (Å²) in [6.07, 6.45) is 0.403. The summed E-state index contributed by atoms with van der Waals surface area (Å²) in [5.74, 6) is -0.859. The van der Waals surface area contributed by atoms with Crippen LogP contribution in [0.4, 0.5) is 4.39 Å². The molecule has 0 spiro atoms. The molecule has 0 saturated heterocycles. The lowest BCUT2D eigenvalue weighted by molar-refractivity contribution is -0.138. The van der Waals surface area contributed by atoms with E-state index in [0.29, 0.717) is 19.5 Å². The van der Waals surface area contributed by atoms with Crippen molar-refractivity contribution in [2.75, 3.05) is 46.9 Å². The molecule has 0 aromatic rings. The average Bonchev–Trinajstić information content (AvgIpc) is 2.09. The van der Waals surface area contributed by atoms with Gasteiger partial charge in [-0.25, -0.2) is 0 Å². The van der Waals surface area contributed by atoms with Crippen LogP contribution in [0, 0.1) is 0 Å². The highest BCUT2D eigenvalue weighted by Gasteiger charge is 2.08. The minimum absolute atomic E-state index is 0.00611. The molecule has 14 heavy (non-hydrogen) atoms. The van der Waals surface area contributed by atoms with Gasteiger partial charge >= 0.3 is 5.97 Å². The second-order valence-corrected chi connectivity index (χ2v) is 3.52. The lowest BCUT2D eigenvalue weighted by atomic mass is 10.3. The van der Waals surface area contributed by atoms with Crippen LogP contribution in [0.2, 0.25) is 0 Å². The number of nitrogens with zero attached hydrogens (tertiary/aromatic N) is 2. The standard InChI is InChI=1S/C9H19FN2O2/c1-11(2)6-7-12(5-3-4-10)8-9(13)14/h3-8H2,1-2H3,(H,13,14). The zero-order chi connectivity index (χ0) is 11.0. The molecular weight excluding hydrogens is 187 g/mol. The molecule has 84 valence electrons. The van der Waals surface area contributed by atoms with Crippen molar-refractivity contribution in [3.05, 3.63) is 0 Å². The van der Waals surface area contributed by atoms with Gasteiger partial charge in [0.15, 0.2) is 0 Å². The molecule has 0 aromatic carbocycles. The van der Waals surface area contributed by atoms with Crippen molar-refractivity contribution >= 4 is 5.97 Å². The average molecular weight is 206 g/mol. The van der Waals surface area contributed by atoms with Crippen LogP contribution < -0.4 is 0 Å². The number of carboxylic acids is 1. The van der Waals surface area contributed by atoms with Crippen LogP contribution in [-0.4, -0.2) is 67.8 Å². The van der Waals surface area contributed by atoms with E-state index in [2.05, 4.69) is 0 Å². The first-order chi connectivity index (χ1) is 6.56. The van der Waals surface area contributed by atoms with E-state index < -0.39 is 12.6 Å². The van der Waals surface area contributed by atoms with Gasteiger partial charge in [0.2, 0.25) is 0 Å². The fourth-order valence-corrected chi connectivity index (χ4v) is 1.09. The van der Waals surface area contributed by atoms with Crippen LogP contribution >= 0.6 is 0 Å². The van der Waals surface area contributed by atoms with Crippen molar-refractivity contribution in [2.24, 2.45) is 0 Å². The highest BCUT2D eigenvalue weighted by atomic mass is 19.1. The highest BCUT2D eigenvalue weighted by molar-refractivity contribution is 5.69. The molecule has 1 N–H and O–H groups in total. The van der Waals surface area contributed by atoms with Gasteiger partial charge in [-0.15, -0.1) is 0 Å². The lowest BCUT2D eigenvalue weighted by Crippen LogP contribution is -2.36. The summed E-state index contributed by atoms with van der Waals surface area (Å²) < 4.78 is 11.9. The largest absolute Gasteiger partial charge is 0.480 e. The maximum absolute atomic E-state index is 11.9. The zero-order valence-corrected chi connectivity index (χ0v) is 8.87. The molecule has 0 saturated carbocycles. The van der Waals surface area contributed by atoms with E-state index in [4.69, 9.17) is 5.11 Å². The molecule has 5 heteroatoms. The molecule has 0 fully saturated rings. The Kier molecular flexibility index (Phi) is 7.32. The molecule has 0 aliphatic carbocycles. The number of carboxylic acid groups (broad SMARTS) is 1. The predicted octanol–water partition coefficient (Wildman–Crippen LogP) is 0.294. The van der Waals surface area contributed by atoms with Gasteiger partial charge in [-0.05, 0) is 20.5 Å². The Morgan fingerprint density at radius 2 is 1.93 bits per heavy atom. The van der Waals surface area contributed by atoms with E-state index in [-0.39, 0.29) is 6.54 Å². The van der Waals surface area contributed by atoms with E-state index in [1.165, 1.54) is 0 Å². The fraction of sp³-hybridized carbons (Fsp3) is 0.889. The normalized spacial score (nSPS) is 11.2. The number of likely N-dealkylation sites (N-methyl/N-ethyl adjacent to an activating group) is 1. The van der Waals surface area contributed by atoms with Crippen LogP contribution in [0.25, 0.3) is 0 Å². The Balaban J connectivity index is 3.78. The number of rotatable bonds is 8. The molecule has 0 amide bonds. The third kappa shape index (κ3) is 7.94. The van der Waals surface area contributed by atoms with E-state index in [1.807, 2.05) is 19.0 Å². The predicted molar refractivity (Wildman–Crippen MR) is 53.2 cm³/mol. The molecule has 0 aromatic heterocycles. The van der Waals surface area contributed by atoms with Gasteiger partial charge in [-0.2, -0.15) is 0 Å². The zero-order valence-electron chi connectivity index (χ0n) is 8.87. The first-order valence-electron chi connectivity index (χ1n) is 4.71. The molecule has 0 bridgehead atoms. The Hall–Kier alpha value is -0.680. The van der Waals surface area contributed by atoms with Crippen molar-refractivity contribution in [3.63, 3.8) is 0 Å². The van der Waals surface area contributed by atoms with Gasteiger partial charge in [0.1, 0.15) is 0 Å². The number of hydrogen-bond donors (Lipinski definition) is 1. The summed E-state index contributed by atoms with van der Waals surface area (Å²) in [6, 6.07) is 0. The molecule has 0 unspecified atom stereocenters. The van der Waals surface area contributed by atoms with Crippen LogP contribution in [0.5, 0.6) is 0 Å². The van der Waals surface area contributed by atoms with Gasteiger partial charge in [-0.3, -0.25) is 14.1 Å². The first kappa shape index (κ1) is 13.3. The van der Waals surface area contributed by atoms with Crippen LogP contribution in [0.1, 0.15) is 6.42 Å². The number of alkyl halides is 1. The molecule has 0 aliphatic heterocycles. The SMILES string of the molecule is CN(C)CCN(CCCF)CC(=O)O. The van der Waals surface area contributed by atoms with Gasteiger partial charge < -0.3 is 10.0 Å². The fourth-order valence-electron chi connectivity index (χ4n) is 1.09. The second-order valence-electron chi connectivity index (χ2n) is 3.52. The smallest absolute Gasteiger partial charge is 0.317 e. The van der Waals surface area contributed by atoms with E-state index >= 15 is 0 Å². The Morgan fingerprint density at radius 1 is 1.29 bits per heavy atom. The Bertz CT molecular complexity index is 165. The molecule has 0 aliphatic rings. The summed E-state index contributed by atoms with van der Waals surface area (Å²) in [5.41, 5.74) is 0. The number of halogens is 1. The number of hydrogen-bond acceptors (Lipinski definition) is 3. The van der Waals surface area contributed by atoms with Gasteiger partial charge in [-0.1, -0.05) is 0 Å². The van der Waals surface area contributed by atoms with Crippen LogP contribution in [-0.2, 0) is 4.79 Å². The topological polar surface area (TPSA) is 43.8 Å². The van der Waals surface area contributed by atoms with Gasteiger partial charge in [0, 0.05) is 19.6 Å². The van der Waals surface area contributed by atoms with Crippen LogP contribution in [0.15, 0.2) is 0 Å². The third-order valence-corrected chi connectivity index (χ3v) is 1.83. The molecule has 0 rings (SSSR count). The van der Waals surface area contributed by atoms with Crippen molar-refractivity contribution in [1.82, 2.24) is 9.80 Å². The Morgan fingerprint density at radius 3 is 2.36 bits per heavy atom. The molecule has 0 heterocycles. The number of aliphatic carboxylic acids is 1. The van der Waals surface area contributed by atoms with Gasteiger partial charge in [0.05, 0.1) is 13.2 Å². The monoisotopic (exact) mass is 206 g/mol. The van der Waals surface area contributed by atoms with Crippen molar-refractivity contribution in [2.45, 2.75) is 6.42 Å². The summed E-state index contributed by atoms with van der Waals surface area (Å²) >= 11 is 0. The molecular formula is C9H19FN2O2. The van der Waals surface area contributed by atoms with Crippen molar-refractivity contribution < 1.29 is 14.3 Å². The maximum atomic E-state index is 11.9. The highest BCUT2D eigenvalue weighted by Crippen LogP contribution is 1.93. The lowest BCUT2D eigenvalue weighted by Gasteiger charge is -2.21. The second kappa shape index (κ2) is 7.70. The quantitative estimate of drug-likeness (QED) is 0.620. The van der Waals surface area contributed by atoms with Gasteiger partial charge in [0.25, 0.3) is 0 Å². The van der Waals surface area contributed by atoms with Crippen molar-refractivity contribution in [1.29, 1.82) is 0 Å². The van der Waals surface area contributed by atoms with Crippen LogP contribution in [0.3, 0.4) is 0 Å². The number of carbonyl (C=O) groups is 1. The Labute approximate surface area is 84.3 Å². The molecule has 0 radical (unpaired) electrons. The van der Waals surface area contributed by atoms with E-state index in [1.54, 1.807) is 4.90 Å². The summed E-state index contributed by atoms with van der Waals surface area (Å²) in [6.45, 7) is 1.57.